The molecule has 37 heavy (non-hydrogen) atoms. The van der Waals surface area contributed by atoms with Crippen molar-refractivity contribution in [2.24, 2.45) is 0 Å². The van der Waals surface area contributed by atoms with E-state index in [0.717, 1.165) is 22.7 Å². The van der Waals surface area contributed by atoms with Crippen LogP contribution in [0, 0.1) is 0 Å². The van der Waals surface area contributed by atoms with Crippen LogP contribution >= 0.6 is 11.6 Å². The lowest BCUT2D eigenvalue weighted by molar-refractivity contribution is 0.0951. The van der Waals surface area contributed by atoms with Crippen molar-refractivity contribution in [1.29, 1.82) is 0 Å². The Balaban J connectivity index is 1.19. The molecule has 2 N–H and O–H groups in total. The Hall–Kier alpha value is -4.69. The number of para-hydroxylation sites is 1. The second-order valence-corrected chi connectivity index (χ2v) is 8.62. The van der Waals surface area contributed by atoms with Gasteiger partial charge in [0.25, 0.3) is 5.91 Å². The monoisotopic (exact) mass is 510 g/mol. The molecular formula is C28H23ClN6O2. The van der Waals surface area contributed by atoms with Crippen LogP contribution in [0.1, 0.15) is 21.6 Å². The van der Waals surface area contributed by atoms with Gasteiger partial charge in [0.2, 0.25) is 0 Å². The van der Waals surface area contributed by atoms with Gasteiger partial charge in [-0.15, -0.1) is 5.10 Å². The van der Waals surface area contributed by atoms with Gasteiger partial charge in [-0.3, -0.25) is 4.79 Å². The first-order chi connectivity index (χ1) is 18.1. The molecule has 0 bridgehead atoms. The highest BCUT2D eigenvalue weighted by Crippen LogP contribution is 2.23. The highest BCUT2D eigenvalue weighted by molar-refractivity contribution is 6.30. The Labute approximate surface area is 218 Å². The molecule has 0 unspecified atom stereocenters. The molecule has 5 rings (SSSR count). The Morgan fingerprint density at radius 2 is 1.73 bits per heavy atom. The second kappa shape index (κ2) is 11.4. The van der Waals surface area contributed by atoms with Crippen molar-refractivity contribution in [1.82, 2.24) is 25.3 Å². The zero-order chi connectivity index (χ0) is 25.5. The maximum Gasteiger partial charge on any atom is 0.255 e. The van der Waals surface area contributed by atoms with Gasteiger partial charge in [-0.05, 0) is 66.2 Å². The van der Waals surface area contributed by atoms with Gasteiger partial charge in [-0.2, -0.15) is 0 Å². The Bertz CT molecular complexity index is 1490. The van der Waals surface area contributed by atoms with Crippen LogP contribution in [0.4, 0.5) is 11.5 Å². The van der Waals surface area contributed by atoms with Gasteiger partial charge < -0.3 is 15.4 Å². The number of benzene rings is 3. The van der Waals surface area contributed by atoms with Crippen LogP contribution in [0.2, 0.25) is 5.02 Å². The van der Waals surface area contributed by atoms with Crippen molar-refractivity contribution in [3.8, 4) is 11.5 Å². The molecule has 0 radical (unpaired) electrons. The third-order valence-electron chi connectivity index (χ3n) is 5.40. The summed E-state index contributed by atoms with van der Waals surface area (Å²) in [6.07, 6.45) is 3.43. The molecule has 3 aromatic carbocycles. The van der Waals surface area contributed by atoms with Crippen molar-refractivity contribution >= 4 is 29.0 Å². The van der Waals surface area contributed by atoms with Crippen molar-refractivity contribution in [2.75, 3.05) is 5.32 Å². The summed E-state index contributed by atoms with van der Waals surface area (Å²) in [6.45, 7) is 0.746. The molecule has 2 heterocycles. The van der Waals surface area contributed by atoms with Crippen molar-refractivity contribution in [3.05, 3.63) is 125 Å². The summed E-state index contributed by atoms with van der Waals surface area (Å²) in [7, 11) is 0. The van der Waals surface area contributed by atoms with Gasteiger partial charge in [-0.1, -0.05) is 47.1 Å². The first-order valence-electron chi connectivity index (χ1n) is 11.6. The third kappa shape index (κ3) is 6.50. The minimum Gasteiger partial charge on any atom is -0.457 e. The summed E-state index contributed by atoms with van der Waals surface area (Å²) in [5.41, 5.74) is 2.85. The van der Waals surface area contributed by atoms with E-state index in [1.807, 2.05) is 66.7 Å². The number of amides is 1. The number of anilines is 2. The molecular weight excluding hydrogens is 488 g/mol. The number of ether oxygens (including phenoxy) is 1. The number of hydrogen-bond acceptors (Lipinski definition) is 6. The summed E-state index contributed by atoms with van der Waals surface area (Å²) in [5.74, 6) is 1.70. The van der Waals surface area contributed by atoms with E-state index in [1.54, 1.807) is 41.3 Å². The fourth-order valence-electron chi connectivity index (χ4n) is 3.64. The molecule has 0 spiro atoms. The Morgan fingerprint density at radius 3 is 2.57 bits per heavy atom. The minimum atomic E-state index is -0.273. The predicted octanol–water partition coefficient (Wildman–Crippen LogP) is 5.84. The topological polar surface area (TPSA) is 94.0 Å². The van der Waals surface area contributed by atoms with E-state index in [9.17, 15) is 4.79 Å². The average molecular weight is 511 g/mol. The molecule has 0 aliphatic rings. The van der Waals surface area contributed by atoms with E-state index >= 15 is 0 Å². The number of nitrogens with one attached hydrogen (secondary N) is 2. The van der Waals surface area contributed by atoms with Crippen LogP contribution in [0.5, 0.6) is 11.5 Å². The molecule has 8 nitrogen and oxygen atoms in total. The van der Waals surface area contributed by atoms with E-state index in [1.165, 1.54) is 0 Å². The van der Waals surface area contributed by atoms with Gasteiger partial charge in [-0.25, -0.2) is 9.67 Å². The maximum atomic E-state index is 12.9. The smallest absolute Gasteiger partial charge is 0.255 e. The van der Waals surface area contributed by atoms with E-state index in [2.05, 4.69) is 25.9 Å². The molecule has 2 aromatic heterocycles. The summed E-state index contributed by atoms with van der Waals surface area (Å²) < 4.78 is 7.64. The van der Waals surface area contributed by atoms with Crippen LogP contribution in [-0.2, 0) is 13.1 Å². The molecule has 0 atom stereocenters. The molecule has 0 aliphatic heterocycles. The normalized spacial score (nSPS) is 10.6. The van der Waals surface area contributed by atoms with E-state index in [4.69, 9.17) is 16.3 Å². The van der Waals surface area contributed by atoms with Crippen molar-refractivity contribution < 1.29 is 9.53 Å². The molecule has 0 saturated heterocycles. The van der Waals surface area contributed by atoms with Gasteiger partial charge in [0.15, 0.2) is 0 Å². The van der Waals surface area contributed by atoms with Crippen LogP contribution in [-0.4, -0.2) is 25.9 Å². The van der Waals surface area contributed by atoms with Gasteiger partial charge in [0.1, 0.15) is 23.0 Å². The van der Waals surface area contributed by atoms with Crippen molar-refractivity contribution in [3.63, 3.8) is 0 Å². The number of aromatic nitrogens is 4. The molecule has 0 fully saturated rings. The van der Waals surface area contributed by atoms with E-state index in [-0.39, 0.29) is 12.5 Å². The Kier molecular flexibility index (Phi) is 7.38. The van der Waals surface area contributed by atoms with E-state index in [0.29, 0.717) is 28.6 Å². The summed E-state index contributed by atoms with van der Waals surface area (Å²) in [6, 6.07) is 28.0. The predicted molar refractivity (Wildman–Crippen MR) is 142 cm³/mol. The lowest BCUT2D eigenvalue weighted by Gasteiger charge is -2.11. The van der Waals surface area contributed by atoms with Crippen LogP contribution in [0.15, 0.2) is 103 Å². The largest absolute Gasteiger partial charge is 0.457 e. The summed E-state index contributed by atoms with van der Waals surface area (Å²) >= 11 is 5.95. The number of nitrogens with zero attached hydrogens (tertiary/aromatic N) is 4. The first kappa shape index (κ1) is 24.0. The van der Waals surface area contributed by atoms with Gasteiger partial charge in [0, 0.05) is 16.9 Å². The maximum absolute atomic E-state index is 12.9. The van der Waals surface area contributed by atoms with Gasteiger partial charge in [0.05, 0.1) is 24.8 Å². The quantitative estimate of drug-likeness (QED) is 0.259. The molecule has 1 amide bonds. The zero-order valence-electron chi connectivity index (χ0n) is 19.7. The number of halogens is 1. The number of carbonyl (C=O) groups is 1. The number of carbonyl (C=O) groups excluding carboxylic acids is 1. The molecule has 9 heteroatoms. The number of pyridine rings is 1. The van der Waals surface area contributed by atoms with Crippen molar-refractivity contribution in [2.45, 2.75) is 13.1 Å². The molecule has 0 aliphatic carbocycles. The van der Waals surface area contributed by atoms with Gasteiger partial charge >= 0.3 is 0 Å². The van der Waals surface area contributed by atoms with Crippen LogP contribution < -0.4 is 15.4 Å². The lowest BCUT2D eigenvalue weighted by Crippen LogP contribution is -2.24. The summed E-state index contributed by atoms with van der Waals surface area (Å²) in [4.78, 5) is 17.2. The molecule has 0 saturated carbocycles. The standard InChI is InChI=1S/C28H23ClN6O2/c29-21-11-13-22(14-12-21)32-27-26(10-5-15-30-27)28(36)31-17-23-19-35(34-33-23)18-20-6-4-9-25(16-20)37-24-7-2-1-3-8-24/h1-16,19H,17-18H2,(H,30,32)(H,31,36). The number of rotatable bonds is 9. The van der Waals surface area contributed by atoms with E-state index < -0.39 is 0 Å². The fourth-order valence-corrected chi connectivity index (χ4v) is 3.77. The fraction of sp³-hybridized carbons (Fsp3) is 0.0714. The second-order valence-electron chi connectivity index (χ2n) is 8.18. The highest BCUT2D eigenvalue weighted by atomic mass is 35.5. The average Bonchev–Trinajstić information content (AvgIpc) is 3.37. The lowest BCUT2D eigenvalue weighted by atomic mass is 10.2. The van der Waals surface area contributed by atoms with Crippen LogP contribution in [0.25, 0.3) is 0 Å². The SMILES string of the molecule is O=C(NCc1cn(Cc2cccc(Oc3ccccc3)c2)nn1)c1cccnc1Nc1ccc(Cl)cc1. The molecule has 5 aromatic rings. The Morgan fingerprint density at radius 1 is 0.919 bits per heavy atom. The first-order valence-corrected chi connectivity index (χ1v) is 12.0. The van der Waals surface area contributed by atoms with Crippen LogP contribution in [0.3, 0.4) is 0 Å². The third-order valence-corrected chi connectivity index (χ3v) is 5.65. The zero-order valence-corrected chi connectivity index (χ0v) is 20.5. The highest BCUT2D eigenvalue weighted by Gasteiger charge is 2.13. The number of hydrogen-bond donors (Lipinski definition) is 2. The molecule has 184 valence electrons. The summed E-state index contributed by atoms with van der Waals surface area (Å²) in [5, 5.41) is 15.1. The minimum absolute atomic E-state index is 0.227.